The molecule has 4 heteroatoms. The molecule has 3 nitrogen and oxygen atoms in total. The number of aromatic nitrogens is 1. The molecule has 0 atom stereocenters. The predicted molar refractivity (Wildman–Crippen MR) is 89.8 cm³/mol. The zero-order chi connectivity index (χ0) is 14.7. The number of halogens is 1. The second-order valence-electron chi connectivity index (χ2n) is 4.69. The van der Waals surface area contributed by atoms with Crippen molar-refractivity contribution in [3.63, 3.8) is 0 Å². The lowest BCUT2D eigenvalue weighted by molar-refractivity contribution is 0.414. The van der Waals surface area contributed by atoms with Crippen molar-refractivity contribution in [3.8, 4) is 5.75 Å². The van der Waals surface area contributed by atoms with Crippen molar-refractivity contribution in [2.45, 2.75) is 6.54 Å². The van der Waals surface area contributed by atoms with Gasteiger partial charge in [0.1, 0.15) is 5.75 Å². The Morgan fingerprint density at radius 1 is 1.14 bits per heavy atom. The molecule has 0 aliphatic carbocycles. The van der Waals surface area contributed by atoms with Gasteiger partial charge in [0.15, 0.2) is 0 Å². The number of para-hydroxylation sites is 1. The molecule has 0 saturated carbocycles. The molecule has 0 aliphatic heterocycles. The van der Waals surface area contributed by atoms with Crippen LogP contribution in [0, 0.1) is 0 Å². The van der Waals surface area contributed by atoms with E-state index in [2.05, 4.69) is 38.4 Å². The lowest BCUT2D eigenvalue weighted by atomic mass is 10.1. The number of hydrogen-bond donors (Lipinski definition) is 1. The van der Waals surface area contributed by atoms with Gasteiger partial charge in [0.2, 0.25) is 0 Å². The van der Waals surface area contributed by atoms with Gasteiger partial charge in [0.05, 0.1) is 18.3 Å². The van der Waals surface area contributed by atoms with Gasteiger partial charge in [0.25, 0.3) is 0 Å². The van der Waals surface area contributed by atoms with Crippen molar-refractivity contribution >= 4 is 32.5 Å². The van der Waals surface area contributed by atoms with Crippen LogP contribution in [-0.4, -0.2) is 12.1 Å². The highest BCUT2D eigenvalue weighted by Crippen LogP contribution is 2.25. The molecule has 3 aromatic rings. The van der Waals surface area contributed by atoms with Gasteiger partial charge < -0.3 is 10.1 Å². The van der Waals surface area contributed by atoms with Gasteiger partial charge in [0, 0.05) is 22.6 Å². The topological polar surface area (TPSA) is 34.1 Å². The molecule has 21 heavy (non-hydrogen) atoms. The van der Waals surface area contributed by atoms with Crippen LogP contribution in [0.2, 0.25) is 0 Å². The summed E-state index contributed by atoms with van der Waals surface area (Å²) >= 11 is 3.57. The van der Waals surface area contributed by atoms with E-state index in [1.165, 1.54) is 0 Å². The highest BCUT2D eigenvalue weighted by atomic mass is 79.9. The molecular formula is C17H15BrN2O. The van der Waals surface area contributed by atoms with Crippen molar-refractivity contribution in [2.24, 2.45) is 0 Å². The van der Waals surface area contributed by atoms with Gasteiger partial charge in [-0.25, -0.2) is 0 Å². The number of nitrogens with zero attached hydrogens (tertiary/aromatic N) is 1. The molecule has 0 radical (unpaired) electrons. The Labute approximate surface area is 132 Å². The van der Waals surface area contributed by atoms with E-state index in [-0.39, 0.29) is 0 Å². The average molecular weight is 343 g/mol. The van der Waals surface area contributed by atoms with Crippen LogP contribution in [0.25, 0.3) is 10.9 Å². The second kappa shape index (κ2) is 6.14. The highest BCUT2D eigenvalue weighted by Gasteiger charge is 2.05. The monoisotopic (exact) mass is 342 g/mol. The molecular weight excluding hydrogens is 328 g/mol. The van der Waals surface area contributed by atoms with Crippen LogP contribution in [-0.2, 0) is 6.54 Å². The summed E-state index contributed by atoms with van der Waals surface area (Å²) in [6.45, 7) is 0.702. The molecule has 106 valence electrons. The molecule has 0 spiro atoms. The molecule has 1 aromatic heterocycles. The summed E-state index contributed by atoms with van der Waals surface area (Å²) in [5.74, 6) is 0.853. The number of rotatable bonds is 4. The fraction of sp³-hybridized carbons (Fsp3) is 0.118. The molecule has 0 amide bonds. The quantitative estimate of drug-likeness (QED) is 0.751. The smallest absolute Gasteiger partial charge is 0.119 e. The first kappa shape index (κ1) is 13.9. The molecule has 0 saturated heterocycles. The van der Waals surface area contributed by atoms with Crippen LogP contribution >= 0.6 is 15.9 Å². The van der Waals surface area contributed by atoms with Crippen molar-refractivity contribution in [2.75, 3.05) is 12.4 Å². The van der Waals surface area contributed by atoms with Crippen LogP contribution in [0.5, 0.6) is 5.75 Å². The van der Waals surface area contributed by atoms with Crippen molar-refractivity contribution < 1.29 is 4.74 Å². The van der Waals surface area contributed by atoms with Crippen LogP contribution in [0.4, 0.5) is 5.69 Å². The van der Waals surface area contributed by atoms with Crippen molar-refractivity contribution in [3.05, 3.63) is 64.8 Å². The van der Waals surface area contributed by atoms with E-state index >= 15 is 0 Å². The number of methoxy groups -OCH3 is 1. The van der Waals surface area contributed by atoms with Gasteiger partial charge in [-0.1, -0.05) is 34.1 Å². The lowest BCUT2D eigenvalue weighted by Gasteiger charge is -2.11. The number of ether oxygens (including phenoxy) is 1. The number of fused-ring (bicyclic) bond motifs is 1. The Morgan fingerprint density at radius 2 is 2.00 bits per heavy atom. The maximum Gasteiger partial charge on any atom is 0.119 e. The Kier molecular flexibility index (Phi) is 4.06. The SMILES string of the molecule is COc1ccc(Br)c(CNc2cccc3cccnc23)c1. The second-order valence-corrected chi connectivity index (χ2v) is 5.55. The third-order valence-corrected chi connectivity index (χ3v) is 4.13. The first-order valence-electron chi connectivity index (χ1n) is 6.68. The predicted octanol–water partition coefficient (Wildman–Crippen LogP) is 4.62. The number of pyridine rings is 1. The Balaban J connectivity index is 1.87. The van der Waals surface area contributed by atoms with E-state index in [1.54, 1.807) is 7.11 Å². The summed E-state index contributed by atoms with van der Waals surface area (Å²) in [5.41, 5.74) is 3.16. The molecule has 0 aliphatic rings. The standard InChI is InChI=1S/C17H15BrN2O/c1-21-14-7-8-15(18)13(10-14)11-20-16-6-2-4-12-5-3-9-19-17(12)16/h2-10,20H,11H2,1H3. The summed E-state index contributed by atoms with van der Waals surface area (Å²) in [5, 5.41) is 4.58. The number of benzene rings is 2. The molecule has 2 aromatic carbocycles. The first-order chi connectivity index (χ1) is 10.3. The van der Waals surface area contributed by atoms with Gasteiger partial charge >= 0.3 is 0 Å². The van der Waals surface area contributed by atoms with Crippen molar-refractivity contribution in [1.29, 1.82) is 0 Å². The van der Waals surface area contributed by atoms with Gasteiger partial charge in [-0.15, -0.1) is 0 Å². The molecule has 0 bridgehead atoms. The lowest BCUT2D eigenvalue weighted by Crippen LogP contribution is -2.01. The minimum absolute atomic E-state index is 0.702. The number of nitrogens with one attached hydrogen (secondary N) is 1. The summed E-state index contributed by atoms with van der Waals surface area (Å²) in [7, 11) is 1.68. The largest absolute Gasteiger partial charge is 0.497 e. The Morgan fingerprint density at radius 3 is 2.86 bits per heavy atom. The van der Waals surface area contributed by atoms with Gasteiger partial charge in [-0.2, -0.15) is 0 Å². The van der Waals surface area contributed by atoms with E-state index in [0.29, 0.717) is 6.54 Å². The molecule has 3 rings (SSSR count). The highest BCUT2D eigenvalue weighted by molar-refractivity contribution is 9.10. The van der Waals surface area contributed by atoms with Crippen LogP contribution in [0.3, 0.4) is 0 Å². The summed E-state index contributed by atoms with van der Waals surface area (Å²) in [4.78, 5) is 4.45. The zero-order valence-electron chi connectivity index (χ0n) is 11.6. The molecule has 1 N–H and O–H groups in total. The fourth-order valence-corrected chi connectivity index (χ4v) is 2.64. The molecule has 0 fully saturated rings. The van der Waals surface area contributed by atoms with Crippen LogP contribution < -0.4 is 10.1 Å². The van der Waals surface area contributed by atoms with E-state index in [9.17, 15) is 0 Å². The van der Waals surface area contributed by atoms with Gasteiger partial charge in [-0.3, -0.25) is 4.98 Å². The minimum Gasteiger partial charge on any atom is -0.497 e. The van der Waals surface area contributed by atoms with E-state index in [0.717, 1.165) is 32.4 Å². The third-order valence-electron chi connectivity index (χ3n) is 3.35. The van der Waals surface area contributed by atoms with Gasteiger partial charge in [-0.05, 0) is 35.9 Å². The summed E-state index contributed by atoms with van der Waals surface area (Å²) in [6.07, 6.45) is 1.81. The minimum atomic E-state index is 0.702. The average Bonchev–Trinajstić information content (AvgIpc) is 2.54. The van der Waals surface area contributed by atoms with Crippen molar-refractivity contribution in [1.82, 2.24) is 4.98 Å². The number of hydrogen-bond acceptors (Lipinski definition) is 3. The Hall–Kier alpha value is -2.07. The normalized spacial score (nSPS) is 10.6. The maximum atomic E-state index is 5.27. The van der Waals surface area contributed by atoms with E-state index in [1.807, 2.05) is 42.6 Å². The third kappa shape index (κ3) is 3.00. The molecule has 0 unspecified atom stereocenters. The van der Waals surface area contributed by atoms with E-state index < -0.39 is 0 Å². The number of anilines is 1. The van der Waals surface area contributed by atoms with E-state index in [4.69, 9.17) is 4.74 Å². The maximum absolute atomic E-state index is 5.27. The summed E-state index contributed by atoms with van der Waals surface area (Å²) < 4.78 is 6.33. The molecule has 1 heterocycles. The Bertz CT molecular complexity index is 768. The fourth-order valence-electron chi connectivity index (χ4n) is 2.25. The zero-order valence-corrected chi connectivity index (χ0v) is 13.2. The summed E-state index contributed by atoms with van der Waals surface area (Å²) in [6, 6.07) is 16.1. The van der Waals surface area contributed by atoms with Crippen LogP contribution in [0.15, 0.2) is 59.2 Å². The first-order valence-corrected chi connectivity index (χ1v) is 7.47. The van der Waals surface area contributed by atoms with Crippen LogP contribution in [0.1, 0.15) is 5.56 Å².